The van der Waals surface area contributed by atoms with E-state index in [4.69, 9.17) is 0 Å². The minimum atomic E-state index is -0.438. The van der Waals surface area contributed by atoms with Crippen molar-refractivity contribution in [3.8, 4) is 10.7 Å². The second kappa shape index (κ2) is 7.22. The lowest BCUT2D eigenvalue weighted by molar-refractivity contribution is -0.384. The van der Waals surface area contributed by atoms with Gasteiger partial charge in [-0.15, -0.1) is 11.3 Å². The highest BCUT2D eigenvalue weighted by Crippen LogP contribution is 2.33. The van der Waals surface area contributed by atoms with E-state index in [2.05, 4.69) is 9.72 Å². The highest BCUT2D eigenvalue weighted by Gasteiger charge is 2.17. The molecule has 0 saturated carbocycles. The van der Waals surface area contributed by atoms with Crippen LogP contribution in [-0.4, -0.2) is 27.6 Å². The molecule has 1 aromatic carbocycles. The van der Waals surface area contributed by atoms with Crippen LogP contribution in [0.5, 0.6) is 0 Å². The Kier molecular flexibility index (Phi) is 5.30. The summed E-state index contributed by atoms with van der Waals surface area (Å²) in [4.78, 5) is 26.4. The van der Waals surface area contributed by atoms with Crippen LogP contribution in [0.2, 0.25) is 0 Å². The molecule has 0 saturated heterocycles. The van der Waals surface area contributed by atoms with Crippen LogP contribution in [0.1, 0.15) is 24.2 Å². The van der Waals surface area contributed by atoms with Gasteiger partial charge in [0.05, 0.1) is 39.7 Å². The summed E-state index contributed by atoms with van der Waals surface area (Å²) in [6.45, 7) is 4.00. The molecule has 0 spiro atoms. The number of carbonyl (C=O) groups excluding carboxylic acids is 1. The molecular weight excluding hydrogens is 330 g/mol. The van der Waals surface area contributed by atoms with Crippen molar-refractivity contribution in [1.29, 1.82) is 0 Å². The molecule has 0 aliphatic rings. The van der Waals surface area contributed by atoms with Gasteiger partial charge in [0.25, 0.3) is 5.69 Å². The van der Waals surface area contributed by atoms with Crippen molar-refractivity contribution in [2.45, 2.75) is 13.8 Å². The minimum absolute atomic E-state index is 0.0204. The second-order valence-corrected chi connectivity index (χ2v) is 5.68. The first-order chi connectivity index (χ1) is 11.5. The van der Waals surface area contributed by atoms with Gasteiger partial charge >= 0.3 is 5.97 Å². The number of carbonyl (C=O) groups is 1. The molecule has 3 aromatic rings. The third-order valence-corrected chi connectivity index (χ3v) is 4.29. The van der Waals surface area contributed by atoms with Crippen LogP contribution < -0.4 is 0 Å². The first-order valence-corrected chi connectivity index (χ1v) is 8.11. The predicted octanol–water partition coefficient (Wildman–Crippen LogP) is 4.02. The van der Waals surface area contributed by atoms with Crippen LogP contribution in [0.15, 0.2) is 30.5 Å². The molecule has 126 valence electrons. The molecule has 0 N–H and O–H groups in total. The third kappa shape index (κ3) is 3.28. The number of ether oxygens (including phenoxy) is 1. The van der Waals surface area contributed by atoms with E-state index in [1.165, 1.54) is 30.7 Å². The van der Waals surface area contributed by atoms with E-state index >= 15 is 0 Å². The van der Waals surface area contributed by atoms with Crippen LogP contribution in [-0.2, 0) is 11.8 Å². The Hall–Kier alpha value is -2.74. The van der Waals surface area contributed by atoms with E-state index in [0.29, 0.717) is 21.8 Å². The quantitative estimate of drug-likeness (QED) is 0.406. The maximum atomic E-state index is 11.5. The summed E-state index contributed by atoms with van der Waals surface area (Å²) < 4.78 is 7.24. The molecular formula is C16H17N3O4S. The van der Waals surface area contributed by atoms with Gasteiger partial charge in [0.2, 0.25) is 0 Å². The Bertz CT molecular complexity index is 898. The summed E-state index contributed by atoms with van der Waals surface area (Å²) in [7, 11) is 3.05. The number of aryl methyl sites for hydroxylation is 1. The number of nitrogens with zero attached hydrogens (tertiary/aromatic N) is 3. The maximum absolute atomic E-state index is 11.5. The monoisotopic (exact) mass is 347 g/mol. The molecule has 0 aliphatic carbocycles. The van der Waals surface area contributed by atoms with E-state index in [0.717, 1.165) is 4.70 Å². The van der Waals surface area contributed by atoms with Crippen molar-refractivity contribution in [3.05, 3.63) is 46.1 Å². The van der Waals surface area contributed by atoms with E-state index in [-0.39, 0.29) is 5.69 Å². The van der Waals surface area contributed by atoms with Crippen molar-refractivity contribution in [2.24, 2.45) is 7.05 Å². The number of rotatable bonds is 3. The number of fused-ring (bicyclic) bond motifs is 1. The number of hydrogen-bond donors (Lipinski definition) is 0. The third-order valence-electron chi connectivity index (χ3n) is 3.23. The first kappa shape index (κ1) is 17.6. The predicted molar refractivity (Wildman–Crippen MR) is 93.4 cm³/mol. The average molecular weight is 347 g/mol. The van der Waals surface area contributed by atoms with Crippen LogP contribution in [0.4, 0.5) is 5.69 Å². The minimum Gasteiger partial charge on any atom is -0.465 e. The number of esters is 1. The van der Waals surface area contributed by atoms with Gasteiger partial charge in [0.1, 0.15) is 5.01 Å². The highest BCUT2D eigenvalue weighted by atomic mass is 32.1. The van der Waals surface area contributed by atoms with Gasteiger partial charge in [0, 0.05) is 13.1 Å². The molecule has 0 aliphatic heterocycles. The Labute approximate surface area is 142 Å². The molecule has 0 bridgehead atoms. The second-order valence-electron chi connectivity index (χ2n) is 4.64. The summed E-state index contributed by atoms with van der Waals surface area (Å²) in [5.41, 5.74) is 1.76. The molecule has 0 atom stereocenters. The molecule has 2 aromatic heterocycles. The van der Waals surface area contributed by atoms with Gasteiger partial charge in [0.15, 0.2) is 0 Å². The Balaban J connectivity index is 0.00000100. The van der Waals surface area contributed by atoms with Gasteiger partial charge in [-0.25, -0.2) is 9.78 Å². The van der Waals surface area contributed by atoms with Gasteiger partial charge in [-0.1, -0.05) is 13.8 Å². The normalized spacial score (nSPS) is 10.2. The Morgan fingerprint density at radius 1 is 1.33 bits per heavy atom. The Morgan fingerprint density at radius 2 is 2.04 bits per heavy atom. The molecule has 0 unspecified atom stereocenters. The van der Waals surface area contributed by atoms with E-state index in [1.54, 1.807) is 29.8 Å². The van der Waals surface area contributed by atoms with Crippen molar-refractivity contribution < 1.29 is 14.5 Å². The molecule has 24 heavy (non-hydrogen) atoms. The first-order valence-electron chi connectivity index (χ1n) is 7.29. The lowest BCUT2D eigenvalue weighted by atomic mass is 10.2. The average Bonchev–Trinajstić information content (AvgIpc) is 3.18. The number of aromatic nitrogens is 2. The van der Waals surface area contributed by atoms with Gasteiger partial charge in [-0.2, -0.15) is 0 Å². The smallest absolute Gasteiger partial charge is 0.337 e. The van der Waals surface area contributed by atoms with Crippen molar-refractivity contribution >= 4 is 33.2 Å². The molecule has 3 rings (SSSR count). The summed E-state index contributed by atoms with van der Waals surface area (Å²) in [6.07, 6.45) is 1.45. The molecule has 0 radical (unpaired) electrons. The lowest BCUT2D eigenvalue weighted by Crippen LogP contribution is -2.00. The van der Waals surface area contributed by atoms with Crippen molar-refractivity contribution in [2.75, 3.05) is 7.11 Å². The zero-order chi connectivity index (χ0) is 17.9. The number of hydrogen-bond acceptors (Lipinski definition) is 6. The van der Waals surface area contributed by atoms with Crippen LogP contribution >= 0.6 is 11.3 Å². The maximum Gasteiger partial charge on any atom is 0.337 e. The number of methoxy groups -OCH3 is 1. The molecule has 0 amide bonds. The zero-order valence-electron chi connectivity index (χ0n) is 13.8. The van der Waals surface area contributed by atoms with Crippen LogP contribution in [0.25, 0.3) is 20.9 Å². The van der Waals surface area contributed by atoms with E-state index in [9.17, 15) is 14.9 Å². The summed E-state index contributed by atoms with van der Waals surface area (Å²) in [6, 6.07) is 6.60. The lowest BCUT2D eigenvalue weighted by Gasteiger charge is -1.97. The number of benzene rings is 1. The summed E-state index contributed by atoms with van der Waals surface area (Å²) in [5.74, 6) is -0.425. The fourth-order valence-electron chi connectivity index (χ4n) is 2.14. The van der Waals surface area contributed by atoms with E-state index < -0.39 is 10.9 Å². The molecule has 7 nitrogen and oxygen atoms in total. The molecule has 8 heteroatoms. The molecule has 0 fully saturated rings. The fraction of sp³-hybridized carbons (Fsp3) is 0.250. The largest absolute Gasteiger partial charge is 0.465 e. The summed E-state index contributed by atoms with van der Waals surface area (Å²) >= 11 is 1.41. The fourth-order valence-corrected chi connectivity index (χ4v) is 3.15. The number of nitro groups is 1. The standard InChI is InChI=1S/C14H11N3O4S.C2H6/c1-16-7-9(17(19)20)6-11(16)13-15-10-5-8(14(18)21-2)3-4-12(10)22-13;1-2/h3-7H,1-2H3;1-2H3. The SMILES string of the molecule is CC.COC(=O)c1ccc2sc(-c3cc([N+](=O)[O-])cn3C)nc2c1. The summed E-state index contributed by atoms with van der Waals surface area (Å²) in [5, 5.41) is 11.5. The van der Waals surface area contributed by atoms with Crippen LogP contribution in [0, 0.1) is 10.1 Å². The van der Waals surface area contributed by atoms with E-state index in [1.807, 2.05) is 13.8 Å². The topological polar surface area (TPSA) is 87.3 Å². The van der Waals surface area contributed by atoms with Crippen LogP contribution in [0.3, 0.4) is 0 Å². The zero-order valence-corrected chi connectivity index (χ0v) is 14.6. The highest BCUT2D eigenvalue weighted by molar-refractivity contribution is 7.21. The van der Waals surface area contributed by atoms with Gasteiger partial charge in [-0.05, 0) is 18.2 Å². The Morgan fingerprint density at radius 3 is 2.62 bits per heavy atom. The van der Waals surface area contributed by atoms with Crippen molar-refractivity contribution in [1.82, 2.24) is 9.55 Å². The van der Waals surface area contributed by atoms with Gasteiger partial charge < -0.3 is 9.30 Å². The van der Waals surface area contributed by atoms with Gasteiger partial charge in [-0.3, -0.25) is 10.1 Å². The molecule has 2 heterocycles. The number of thiazole rings is 1. The van der Waals surface area contributed by atoms with Crippen molar-refractivity contribution in [3.63, 3.8) is 0 Å².